The van der Waals surface area contributed by atoms with Crippen molar-refractivity contribution in [2.75, 3.05) is 25.4 Å². The van der Waals surface area contributed by atoms with E-state index in [0.29, 0.717) is 12.2 Å². The lowest BCUT2D eigenvalue weighted by atomic mass is 10.2. The number of aromatic nitrogens is 4. The molecule has 26 heavy (non-hydrogen) atoms. The van der Waals surface area contributed by atoms with Crippen LogP contribution in [0.3, 0.4) is 0 Å². The Labute approximate surface area is 149 Å². The summed E-state index contributed by atoms with van der Waals surface area (Å²) < 4.78 is 25.0. The van der Waals surface area contributed by atoms with Crippen LogP contribution in [0, 0.1) is 0 Å². The van der Waals surface area contributed by atoms with Gasteiger partial charge >= 0.3 is 0 Å². The molecule has 2 aromatic heterocycles. The Morgan fingerprint density at radius 1 is 1.31 bits per heavy atom. The average molecular weight is 377 g/mol. The lowest BCUT2D eigenvalue weighted by molar-refractivity contribution is 0.153. The number of nitrogens with one attached hydrogen (secondary N) is 1. The molecule has 0 bridgehead atoms. The zero-order valence-corrected chi connectivity index (χ0v) is 15.2. The van der Waals surface area contributed by atoms with Crippen LogP contribution in [-0.2, 0) is 27.0 Å². The Balaban J connectivity index is 1.51. The summed E-state index contributed by atoms with van der Waals surface area (Å²) in [5.41, 5.74) is 6.71. The molecule has 138 valence electrons. The van der Waals surface area contributed by atoms with E-state index in [-0.39, 0.29) is 36.6 Å². The van der Waals surface area contributed by atoms with Crippen molar-refractivity contribution in [3.8, 4) is 0 Å². The predicted molar refractivity (Wildman–Crippen MR) is 98.1 cm³/mol. The van der Waals surface area contributed by atoms with Gasteiger partial charge in [0, 0.05) is 13.2 Å². The summed E-state index contributed by atoms with van der Waals surface area (Å²) in [6, 6.07) is 9.53. The van der Waals surface area contributed by atoms with Gasteiger partial charge in [0.15, 0.2) is 11.2 Å². The largest absolute Gasteiger partial charge is 0.370 e. The number of benzene rings is 1. The number of ether oxygens (including phenoxy) is 1. The maximum absolute atomic E-state index is 12.4. The average Bonchev–Trinajstić information content (AvgIpc) is 3.01. The molecule has 1 atom stereocenters. The highest BCUT2D eigenvalue weighted by atomic mass is 31.2. The molecule has 0 aliphatic carbocycles. The van der Waals surface area contributed by atoms with Gasteiger partial charge in [-0.3, -0.25) is 14.3 Å². The third kappa shape index (κ3) is 4.57. The number of fused-ring (bicyclic) bond motifs is 1. The van der Waals surface area contributed by atoms with Gasteiger partial charge in [0.25, 0.3) is 5.56 Å². The molecule has 0 aliphatic heterocycles. The molecule has 0 spiro atoms. The molecule has 0 aliphatic rings. The van der Waals surface area contributed by atoms with Crippen LogP contribution in [-0.4, -0.2) is 39.1 Å². The van der Waals surface area contributed by atoms with Gasteiger partial charge in [-0.1, -0.05) is 30.3 Å². The number of nitrogens with two attached hydrogens (primary N) is 1. The third-order valence-corrected chi connectivity index (χ3v) is 4.97. The van der Waals surface area contributed by atoms with Gasteiger partial charge < -0.3 is 19.6 Å². The zero-order chi connectivity index (χ0) is 18.6. The Hall–Kier alpha value is -2.48. The van der Waals surface area contributed by atoms with Gasteiger partial charge in [0.2, 0.25) is 13.3 Å². The minimum Gasteiger partial charge on any atom is -0.370 e. The Bertz CT molecular complexity index is 985. The molecule has 10 heteroatoms. The molecule has 3 aromatic rings. The van der Waals surface area contributed by atoms with E-state index in [1.54, 1.807) is 11.2 Å². The maximum atomic E-state index is 12.4. The van der Waals surface area contributed by atoms with E-state index in [2.05, 4.69) is 15.0 Å². The highest BCUT2D eigenvalue weighted by molar-refractivity contribution is 7.57. The predicted octanol–water partition coefficient (Wildman–Crippen LogP) is 1.80. The summed E-state index contributed by atoms with van der Waals surface area (Å²) in [7, 11) is -2.87. The van der Waals surface area contributed by atoms with Gasteiger partial charge in [-0.05, 0) is 5.56 Å². The molecule has 9 nitrogen and oxygen atoms in total. The minimum absolute atomic E-state index is 0.00259. The lowest BCUT2D eigenvalue weighted by Crippen LogP contribution is -2.13. The van der Waals surface area contributed by atoms with Crippen LogP contribution < -0.4 is 11.3 Å². The van der Waals surface area contributed by atoms with Crippen LogP contribution in [0.25, 0.3) is 11.2 Å². The molecular formula is C16H20N5O4P. The van der Waals surface area contributed by atoms with Gasteiger partial charge in [-0.25, -0.2) is 4.98 Å². The molecule has 0 saturated carbocycles. The summed E-state index contributed by atoms with van der Waals surface area (Å²) in [6.45, 7) is 2.48. The highest BCUT2D eigenvalue weighted by Gasteiger charge is 2.16. The van der Waals surface area contributed by atoms with Crippen LogP contribution >= 0.6 is 7.37 Å². The Morgan fingerprint density at radius 3 is 2.85 bits per heavy atom. The van der Waals surface area contributed by atoms with Crippen LogP contribution in [0.15, 0.2) is 41.5 Å². The maximum Gasteiger partial charge on any atom is 0.280 e. The number of H-pyrrole nitrogens is 1. The van der Waals surface area contributed by atoms with Gasteiger partial charge in [-0.2, -0.15) is 4.98 Å². The summed E-state index contributed by atoms with van der Waals surface area (Å²) in [6.07, 6.45) is 1.50. The van der Waals surface area contributed by atoms with Crippen molar-refractivity contribution in [3.63, 3.8) is 0 Å². The van der Waals surface area contributed by atoms with Crippen LogP contribution in [0.4, 0.5) is 5.95 Å². The Morgan fingerprint density at radius 2 is 2.08 bits per heavy atom. The van der Waals surface area contributed by atoms with E-state index < -0.39 is 7.37 Å². The fourth-order valence-electron chi connectivity index (χ4n) is 2.35. The van der Waals surface area contributed by atoms with Crippen molar-refractivity contribution in [1.82, 2.24) is 19.5 Å². The fourth-order valence-corrected chi connectivity index (χ4v) is 3.31. The molecule has 2 heterocycles. The van der Waals surface area contributed by atoms with E-state index in [4.69, 9.17) is 15.0 Å². The number of aromatic amines is 1. The SMILES string of the molecule is CP(=O)(COCCn1cnc2c(=O)[nH]c(N)nc21)OCc1ccccc1. The van der Waals surface area contributed by atoms with Gasteiger partial charge in [0.1, 0.15) is 6.35 Å². The van der Waals surface area contributed by atoms with Gasteiger partial charge in [-0.15, -0.1) is 0 Å². The monoisotopic (exact) mass is 377 g/mol. The molecule has 0 radical (unpaired) electrons. The van der Waals surface area contributed by atoms with E-state index in [1.165, 1.54) is 6.33 Å². The van der Waals surface area contributed by atoms with E-state index in [9.17, 15) is 9.36 Å². The van der Waals surface area contributed by atoms with Crippen molar-refractivity contribution in [2.24, 2.45) is 0 Å². The first-order valence-corrected chi connectivity index (χ1v) is 10.2. The number of nitrogen functional groups attached to an aromatic ring is 1. The second-order valence-electron chi connectivity index (χ2n) is 5.87. The second kappa shape index (κ2) is 7.82. The topological polar surface area (TPSA) is 125 Å². The van der Waals surface area contributed by atoms with Crippen LogP contribution in [0.5, 0.6) is 0 Å². The Kier molecular flexibility index (Phi) is 5.51. The number of anilines is 1. The number of hydrogen-bond donors (Lipinski definition) is 2. The number of hydrogen-bond acceptors (Lipinski definition) is 7. The van der Waals surface area contributed by atoms with Crippen molar-refractivity contribution in [3.05, 3.63) is 52.6 Å². The number of nitrogens with zero attached hydrogens (tertiary/aromatic N) is 3. The molecule has 3 rings (SSSR count). The first-order chi connectivity index (χ1) is 12.4. The second-order valence-corrected chi connectivity index (χ2v) is 8.42. The van der Waals surface area contributed by atoms with E-state index in [0.717, 1.165) is 5.56 Å². The van der Waals surface area contributed by atoms with Crippen molar-refractivity contribution in [1.29, 1.82) is 0 Å². The van der Waals surface area contributed by atoms with Crippen LogP contribution in [0.2, 0.25) is 0 Å². The summed E-state index contributed by atoms with van der Waals surface area (Å²) in [5.74, 6) is 0.0255. The molecule has 1 unspecified atom stereocenters. The molecule has 0 saturated heterocycles. The smallest absolute Gasteiger partial charge is 0.280 e. The van der Waals surface area contributed by atoms with Gasteiger partial charge in [0.05, 0.1) is 19.5 Å². The lowest BCUT2D eigenvalue weighted by Gasteiger charge is -2.14. The molecular weight excluding hydrogens is 357 g/mol. The van der Waals surface area contributed by atoms with E-state index in [1.807, 2.05) is 30.3 Å². The standard InChI is InChI=1S/C16H20N5O4P/c1-26(23,25-9-12-5-3-2-4-6-12)11-24-8-7-21-10-18-13-14(21)19-16(17)20-15(13)22/h2-6,10H,7-9,11H2,1H3,(H3,17,19,20,22). The zero-order valence-electron chi connectivity index (χ0n) is 14.3. The number of rotatable bonds is 8. The molecule has 0 amide bonds. The fraction of sp³-hybridized carbons (Fsp3) is 0.312. The number of imidazole rings is 1. The first kappa shape index (κ1) is 18.3. The van der Waals surface area contributed by atoms with Crippen molar-refractivity contribution < 1.29 is 13.8 Å². The molecule has 3 N–H and O–H groups in total. The minimum atomic E-state index is -2.87. The molecule has 0 fully saturated rings. The van der Waals surface area contributed by atoms with Crippen molar-refractivity contribution in [2.45, 2.75) is 13.2 Å². The van der Waals surface area contributed by atoms with Crippen LogP contribution in [0.1, 0.15) is 5.56 Å². The normalized spacial score (nSPS) is 13.7. The van der Waals surface area contributed by atoms with Crippen molar-refractivity contribution >= 4 is 24.5 Å². The summed E-state index contributed by atoms with van der Waals surface area (Å²) in [5, 5.41) is 0. The molecule has 1 aromatic carbocycles. The quantitative estimate of drug-likeness (QED) is 0.453. The highest BCUT2D eigenvalue weighted by Crippen LogP contribution is 2.43. The summed E-state index contributed by atoms with van der Waals surface area (Å²) >= 11 is 0. The summed E-state index contributed by atoms with van der Waals surface area (Å²) in [4.78, 5) is 22.2. The van der Waals surface area contributed by atoms with E-state index >= 15 is 0 Å². The first-order valence-electron chi connectivity index (χ1n) is 7.98. The third-order valence-electron chi connectivity index (χ3n) is 3.64.